The van der Waals surface area contributed by atoms with Crippen molar-refractivity contribution < 1.29 is 0 Å². The highest BCUT2D eigenvalue weighted by Gasteiger charge is 2.12. The Morgan fingerprint density at radius 3 is 2.40 bits per heavy atom. The van der Waals surface area contributed by atoms with Crippen molar-refractivity contribution in [3.63, 3.8) is 0 Å². The SMILES string of the molecule is CCNC(=NCc1ccc(C(C)(C)C)cc1)NCCc1ccccn1. The summed E-state index contributed by atoms with van der Waals surface area (Å²) < 4.78 is 0. The zero-order valence-electron chi connectivity index (χ0n) is 15.8. The van der Waals surface area contributed by atoms with Crippen LogP contribution in [0, 0.1) is 0 Å². The van der Waals surface area contributed by atoms with Crippen molar-refractivity contribution in [2.45, 2.75) is 46.1 Å². The summed E-state index contributed by atoms with van der Waals surface area (Å²) in [6, 6.07) is 14.7. The molecule has 4 nitrogen and oxygen atoms in total. The van der Waals surface area contributed by atoms with Crippen molar-refractivity contribution in [2.24, 2.45) is 4.99 Å². The second-order valence-electron chi connectivity index (χ2n) is 7.14. The molecule has 0 amide bonds. The van der Waals surface area contributed by atoms with E-state index in [9.17, 15) is 0 Å². The number of benzene rings is 1. The van der Waals surface area contributed by atoms with Crippen LogP contribution in [0.4, 0.5) is 0 Å². The molecular formula is C21H30N4. The Hall–Kier alpha value is -2.36. The zero-order valence-corrected chi connectivity index (χ0v) is 15.8. The summed E-state index contributed by atoms with van der Waals surface area (Å²) in [5.74, 6) is 0.846. The van der Waals surface area contributed by atoms with E-state index in [1.165, 1.54) is 11.1 Å². The number of rotatable bonds is 6. The third-order valence-electron chi connectivity index (χ3n) is 3.98. The van der Waals surface area contributed by atoms with Crippen molar-refractivity contribution in [1.29, 1.82) is 0 Å². The van der Waals surface area contributed by atoms with Gasteiger partial charge < -0.3 is 10.6 Å². The van der Waals surface area contributed by atoms with Gasteiger partial charge in [0, 0.05) is 31.4 Å². The van der Waals surface area contributed by atoms with E-state index in [4.69, 9.17) is 0 Å². The Balaban J connectivity index is 1.90. The van der Waals surface area contributed by atoms with Crippen molar-refractivity contribution in [1.82, 2.24) is 15.6 Å². The molecule has 0 saturated heterocycles. The summed E-state index contributed by atoms with van der Waals surface area (Å²) in [6.45, 7) is 11.1. The highest BCUT2D eigenvalue weighted by Crippen LogP contribution is 2.22. The van der Waals surface area contributed by atoms with Gasteiger partial charge in [-0.15, -0.1) is 0 Å². The molecule has 0 fully saturated rings. The maximum atomic E-state index is 4.68. The largest absolute Gasteiger partial charge is 0.357 e. The maximum Gasteiger partial charge on any atom is 0.191 e. The average Bonchev–Trinajstić information content (AvgIpc) is 2.60. The van der Waals surface area contributed by atoms with E-state index in [0.717, 1.165) is 31.2 Å². The van der Waals surface area contributed by atoms with E-state index in [1.807, 2.05) is 24.4 Å². The molecule has 0 aliphatic carbocycles. The molecule has 0 aliphatic heterocycles. The van der Waals surface area contributed by atoms with Crippen molar-refractivity contribution >= 4 is 5.96 Å². The Morgan fingerprint density at radius 1 is 1.04 bits per heavy atom. The quantitative estimate of drug-likeness (QED) is 0.624. The van der Waals surface area contributed by atoms with Crippen LogP contribution in [0.15, 0.2) is 53.7 Å². The first kappa shape index (κ1) is 19.0. The molecular weight excluding hydrogens is 308 g/mol. The number of nitrogens with one attached hydrogen (secondary N) is 2. The van der Waals surface area contributed by atoms with Crippen molar-refractivity contribution in [3.05, 3.63) is 65.5 Å². The van der Waals surface area contributed by atoms with Crippen LogP contribution in [-0.2, 0) is 18.4 Å². The van der Waals surface area contributed by atoms with Gasteiger partial charge in [-0.1, -0.05) is 51.1 Å². The molecule has 0 bridgehead atoms. The number of pyridine rings is 1. The molecule has 0 unspecified atom stereocenters. The molecule has 25 heavy (non-hydrogen) atoms. The van der Waals surface area contributed by atoms with Gasteiger partial charge in [0.05, 0.1) is 6.54 Å². The molecule has 1 aromatic heterocycles. The van der Waals surface area contributed by atoms with E-state index in [0.29, 0.717) is 6.54 Å². The highest BCUT2D eigenvalue weighted by molar-refractivity contribution is 5.79. The van der Waals surface area contributed by atoms with Gasteiger partial charge in [-0.05, 0) is 35.6 Å². The standard InChI is InChI=1S/C21H30N4/c1-5-22-20(24-15-13-19-8-6-7-14-23-19)25-16-17-9-11-18(12-10-17)21(2,3)4/h6-12,14H,5,13,15-16H2,1-4H3,(H2,22,24,25). The second kappa shape index (κ2) is 9.21. The number of guanidine groups is 1. The van der Waals surface area contributed by atoms with Crippen LogP contribution in [0.3, 0.4) is 0 Å². The molecule has 0 radical (unpaired) electrons. The van der Waals surface area contributed by atoms with Crippen LogP contribution in [0.2, 0.25) is 0 Å². The van der Waals surface area contributed by atoms with Gasteiger partial charge in [-0.2, -0.15) is 0 Å². The van der Waals surface area contributed by atoms with Gasteiger partial charge in [0.15, 0.2) is 5.96 Å². The summed E-state index contributed by atoms with van der Waals surface area (Å²) in [5, 5.41) is 6.67. The summed E-state index contributed by atoms with van der Waals surface area (Å²) in [7, 11) is 0. The van der Waals surface area contributed by atoms with Crippen LogP contribution in [0.5, 0.6) is 0 Å². The maximum absolute atomic E-state index is 4.68. The predicted molar refractivity (Wildman–Crippen MR) is 106 cm³/mol. The van der Waals surface area contributed by atoms with Crippen LogP contribution < -0.4 is 10.6 Å². The number of nitrogens with zero attached hydrogens (tertiary/aromatic N) is 2. The molecule has 1 aromatic carbocycles. The minimum Gasteiger partial charge on any atom is -0.357 e. The molecule has 0 atom stereocenters. The van der Waals surface area contributed by atoms with Crippen LogP contribution >= 0.6 is 0 Å². The van der Waals surface area contributed by atoms with E-state index in [1.54, 1.807) is 0 Å². The van der Waals surface area contributed by atoms with Crippen molar-refractivity contribution in [3.8, 4) is 0 Å². The Kier molecular flexibility index (Phi) is 6.99. The number of aliphatic imine (C=N–C) groups is 1. The molecule has 0 spiro atoms. The Bertz CT molecular complexity index is 655. The fourth-order valence-corrected chi connectivity index (χ4v) is 2.48. The van der Waals surface area contributed by atoms with Crippen LogP contribution in [-0.4, -0.2) is 24.0 Å². The Morgan fingerprint density at radius 2 is 1.80 bits per heavy atom. The van der Waals surface area contributed by atoms with Crippen molar-refractivity contribution in [2.75, 3.05) is 13.1 Å². The first-order chi connectivity index (χ1) is 12.0. The van der Waals surface area contributed by atoms with Gasteiger partial charge >= 0.3 is 0 Å². The van der Waals surface area contributed by atoms with Gasteiger partial charge in [0.25, 0.3) is 0 Å². The van der Waals surface area contributed by atoms with Crippen LogP contribution in [0.1, 0.15) is 44.5 Å². The van der Waals surface area contributed by atoms with E-state index in [2.05, 4.69) is 72.6 Å². The normalized spacial score (nSPS) is 12.1. The first-order valence-corrected chi connectivity index (χ1v) is 9.00. The monoisotopic (exact) mass is 338 g/mol. The molecule has 0 saturated carbocycles. The lowest BCUT2D eigenvalue weighted by Gasteiger charge is -2.19. The van der Waals surface area contributed by atoms with E-state index < -0.39 is 0 Å². The molecule has 4 heteroatoms. The third kappa shape index (κ3) is 6.57. The first-order valence-electron chi connectivity index (χ1n) is 9.00. The van der Waals surface area contributed by atoms with Gasteiger partial charge in [-0.25, -0.2) is 4.99 Å². The highest BCUT2D eigenvalue weighted by atomic mass is 15.2. The fourth-order valence-electron chi connectivity index (χ4n) is 2.48. The average molecular weight is 338 g/mol. The van der Waals surface area contributed by atoms with Gasteiger partial charge in [0.2, 0.25) is 0 Å². The van der Waals surface area contributed by atoms with Gasteiger partial charge in [-0.3, -0.25) is 4.98 Å². The molecule has 2 N–H and O–H groups in total. The topological polar surface area (TPSA) is 49.3 Å². The Labute approximate surface area is 151 Å². The lowest BCUT2D eigenvalue weighted by Crippen LogP contribution is -2.38. The summed E-state index contributed by atoms with van der Waals surface area (Å²) >= 11 is 0. The number of hydrogen-bond donors (Lipinski definition) is 2. The van der Waals surface area contributed by atoms with E-state index >= 15 is 0 Å². The second-order valence-corrected chi connectivity index (χ2v) is 7.14. The molecule has 2 rings (SSSR count). The summed E-state index contributed by atoms with van der Waals surface area (Å²) in [4.78, 5) is 9.02. The summed E-state index contributed by atoms with van der Waals surface area (Å²) in [6.07, 6.45) is 2.71. The lowest BCUT2D eigenvalue weighted by molar-refractivity contribution is 0.590. The minimum atomic E-state index is 0.184. The van der Waals surface area contributed by atoms with Gasteiger partial charge in [0.1, 0.15) is 0 Å². The zero-order chi connectivity index (χ0) is 18.1. The smallest absolute Gasteiger partial charge is 0.191 e. The lowest BCUT2D eigenvalue weighted by atomic mass is 9.87. The van der Waals surface area contributed by atoms with Crippen LogP contribution in [0.25, 0.3) is 0 Å². The fraction of sp³-hybridized carbons (Fsp3) is 0.429. The molecule has 1 heterocycles. The minimum absolute atomic E-state index is 0.184. The molecule has 134 valence electrons. The molecule has 2 aromatic rings. The third-order valence-corrected chi connectivity index (χ3v) is 3.98. The van der Waals surface area contributed by atoms with E-state index in [-0.39, 0.29) is 5.41 Å². The number of hydrogen-bond acceptors (Lipinski definition) is 2. The summed E-state index contributed by atoms with van der Waals surface area (Å²) in [5.41, 5.74) is 3.84. The molecule has 0 aliphatic rings. The number of aromatic nitrogens is 1. The predicted octanol–water partition coefficient (Wildman–Crippen LogP) is 3.68.